The molecule has 0 saturated carbocycles. The SMILES string of the molecule is CCCCCCCCCCCCCCCCCCCCCCCCCCCC(O)C(CO)NC(=O)CCCCCCCCCCCCCCCCCCCCCCCCCCCCCCCCCOC(=O)CCCCCCCCCCCCCC. The summed E-state index contributed by atoms with van der Waals surface area (Å²) in [5.41, 5.74) is 0. The summed E-state index contributed by atoms with van der Waals surface area (Å²) in [4.78, 5) is 24.6. The maximum absolute atomic E-state index is 12.6. The van der Waals surface area contributed by atoms with Crippen molar-refractivity contribution >= 4 is 11.9 Å². The van der Waals surface area contributed by atoms with Gasteiger partial charge in [-0.25, -0.2) is 0 Å². The molecule has 508 valence electrons. The van der Waals surface area contributed by atoms with E-state index < -0.39 is 12.1 Å². The highest BCUT2D eigenvalue weighted by Crippen LogP contribution is 2.21. The fraction of sp³-hybridized carbons (Fsp3) is 0.975. The molecule has 0 rings (SSSR count). The predicted octanol–water partition coefficient (Wildman–Crippen LogP) is 26.1. The molecule has 2 unspecified atom stereocenters. The largest absolute Gasteiger partial charge is 0.466 e. The topological polar surface area (TPSA) is 95.9 Å². The van der Waals surface area contributed by atoms with Crippen molar-refractivity contribution in [2.24, 2.45) is 0 Å². The number of hydrogen-bond acceptors (Lipinski definition) is 5. The maximum atomic E-state index is 12.6. The van der Waals surface area contributed by atoms with Gasteiger partial charge in [0.1, 0.15) is 0 Å². The minimum atomic E-state index is -0.662. The molecular formula is C79H157NO5. The van der Waals surface area contributed by atoms with Crippen LogP contribution in [-0.4, -0.2) is 47.4 Å². The van der Waals surface area contributed by atoms with Gasteiger partial charge in [-0.05, 0) is 25.7 Å². The van der Waals surface area contributed by atoms with Gasteiger partial charge in [-0.15, -0.1) is 0 Å². The summed E-state index contributed by atoms with van der Waals surface area (Å²) in [6.45, 7) is 5.01. The number of carbonyl (C=O) groups excluding carboxylic acids is 2. The number of aliphatic hydroxyl groups excluding tert-OH is 2. The molecule has 0 aromatic carbocycles. The lowest BCUT2D eigenvalue weighted by Crippen LogP contribution is -2.45. The summed E-state index contributed by atoms with van der Waals surface area (Å²) >= 11 is 0. The second kappa shape index (κ2) is 75.3. The summed E-state index contributed by atoms with van der Waals surface area (Å²) in [5.74, 6) is -0.00109. The van der Waals surface area contributed by atoms with Crippen LogP contribution in [0.4, 0.5) is 0 Å². The second-order valence-corrected chi connectivity index (χ2v) is 27.8. The Bertz CT molecular complexity index is 1240. The zero-order valence-corrected chi connectivity index (χ0v) is 58.4. The minimum Gasteiger partial charge on any atom is -0.466 e. The molecule has 1 amide bonds. The van der Waals surface area contributed by atoms with E-state index in [-0.39, 0.29) is 18.5 Å². The van der Waals surface area contributed by atoms with Gasteiger partial charge in [-0.2, -0.15) is 0 Å². The van der Waals surface area contributed by atoms with Crippen LogP contribution < -0.4 is 5.32 Å². The Labute approximate surface area is 534 Å². The molecule has 6 heteroatoms. The number of ether oxygens (including phenoxy) is 1. The number of nitrogens with one attached hydrogen (secondary N) is 1. The van der Waals surface area contributed by atoms with Crippen LogP contribution in [0, 0.1) is 0 Å². The van der Waals surface area contributed by atoms with Gasteiger partial charge in [0.25, 0.3) is 0 Å². The molecule has 6 nitrogen and oxygen atoms in total. The quantitative estimate of drug-likeness (QED) is 0.0417. The normalized spacial score (nSPS) is 12.4. The Morgan fingerprint density at radius 2 is 0.482 bits per heavy atom. The van der Waals surface area contributed by atoms with Crippen molar-refractivity contribution in [3.63, 3.8) is 0 Å². The lowest BCUT2D eigenvalue weighted by atomic mass is 10.0. The highest BCUT2D eigenvalue weighted by Gasteiger charge is 2.20. The van der Waals surface area contributed by atoms with Gasteiger partial charge >= 0.3 is 5.97 Å². The van der Waals surface area contributed by atoms with E-state index in [0.717, 1.165) is 38.5 Å². The molecule has 0 aliphatic carbocycles. The Kier molecular flexibility index (Phi) is 74.3. The average Bonchev–Trinajstić information content (AvgIpc) is 3.53. The molecule has 0 aromatic heterocycles. The minimum absolute atomic E-state index is 0.0229. The first-order valence-electron chi connectivity index (χ1n) is 39.8. The first kappa shape index (κ1) is 83.9. The molecule has 3 N–H and O–H groups in total. The fourth-order valence-electron chi connectivity index (χ4n) is 13.1. The Balaban J connectivity index is 3.33. The molecular weight excluding hydrogens is 1040 g/mol. The molecule has 0 saturated heterocycles. The standard InChI is InChI=1S/C79H157NO5/c1-3-5-7-9-11-13-15-17-18-19-20-21-22-30-33-36-39-42-45-48-51-55-59-63-67-71-77(82)76(75-81)80-78(83)72-68-64-60-56-52-49-46-43-40-37-34-31-28-26-24-23-25-27-29-32-35-38-41-44-47-50-54-58-62-66-70-74-85-79(84)73-69-65-61-57-53-16-14-12-10-8-6-4-2/h76-77,81-82H,3-75H2,1-2H3,(H,80,83). The number of carbonyl (C=O) groups is 2. The van der Waals surface area contributed by atoms with Crippen LogP contribution in [0.3, 0.4) is 0 Å². The summed E-state index contributed by atoms with van der Waals surface area (Å²) in [7, 11) is 0. The van der Waals surface area contributed by atoms with Crippen molar-refractivity contribution < 1.29 is 24.5 Å². The van der Waals surface area contributed by atoms with E-state index in [9.17, 15) is 19.8 Å². The summed E-state index contributed by atoms with van der Waals surface area (Å²) in [5, 5.41) is 23.5. The number of aliphatic hydroxyl groups is 2. The smallest absolute Gasteiger partial charge is 0.305 e. The summed E-state index contributed by atoms with van der Waals surface area (Å²) < 4.78 is 5.49. The third kappa shape index (κ3) is 71.8. The third-order valence-corrected chi connectivity index (χ3v) is 19.2. The third-order valence-electron chi connectivity index (χ3n) is 19.2. The van der Waals surface area contributed by atoms with E-state index in [2.05, 4.69) is 19.2 Å². The van der Waals surface area contributed by atoms with E-state index in [0.29, 0.717) is 25.9 Å². The Hall–Kier alpha value is -1.14. The number of rotatable bonds is 76. The lowest BCUT2D eigenvalue weighted by Gasteiger charge is -2.22. The van der Waals surface area contributed by atoms with Gasteiger partial charge in [0.2, 0.25) is 5.91 Å². The van der Waals surface area contributed by atoms with Crippen LogP contribution >= 0.6 is 0 Å². The predicted molar refractivity (Wildman–Crippen MR) is 375 cm³/mol. The second-order valence-electron chi connectivity index (χ2n) is 27.8. The number of unbranched alkanes of at least 4 members (excludes halogenated alkanes) is 65. The molecule has 0 fully saturated rings. The van der Waals surface area contributed by atoms with E-state index in [1.165, 1.54) is 398 Å². The lowest BCUT2D eigenvalue weighted by molar-refractivity contribution is -0.143. The molecule has 0 aliphatic rings. The first-order chi connectivity index (χ1) is 42.0. The van der Waals surface area contributed by atoms with Gasteiger partial charge < -0.3 is 20.3 Å². The Morgan fingerprint density at radius 3 is 0.718 bits per heavy atom. The van der Waals surface area contributed by atoms with Crippen molar-refractivity contribution in [2.45, 2.75) is 482 Å². The van der Waals surface area contributed by atoms with Gasteiger partial charge in [0.05, 0.1) is 25.4 Å². The van der Waals surface area contributed by atoms with Gasteiger partial charge in [-0.1, -0.05) is 431 Å². The highest BCUT2D eigenvalue weighted by atomic mass is 16.5. The number of esters is 1. The monoisotopic (exact) mass is 1200 g/mol. The van der Waals surface area contributed by atoms with Crippen molar-refractivity contribution in [3.05, 3.63) is 0 Å². The van der Waals surface area contributed by atoms with Crippen LogP contribution in [0.15, 0.2) is 0 Å². The zero-order chi connectivity index (χ0) is 61.3. The van der Waals surface area contributed by atoms with Gasteiger partial charge in [0, 0.05) is 12.8 Å². The van der Waals surface area contributed by atoms with E-state index in [1.807, 2.05) is 0 Å². The molecule has 0 aliphatic heterocycles. The van der Waals surface area contributed by atoms with Crippen molar-refractivity contribution in [3.8, 4) is 0 Å². The van der Waals surface area contributed by atoms with Crippen molar-refractivity contribution in [2.75, 3.05) is 13.2 Å². The summed E-state index contributed by atoms with van der Waals surface area (Å²) in [6.07, 6.45) is 93.4. The summed E-state index contributed by atoms with van der Waals surface area (Å²) in [6, 6.07) is -0.539. The van der Waals surface area contributed by atoms with Crippen LogP contribution in [0.1, 0.15) is 470 Å². The van der Waals surface area contributed by atoms with E-state index >= 15 is 0 Å². The van der Waals surface area contributed by atoms with Crippen molar-refractivity contribution in [1.29, 1.82) is 0 Å². The van der Waals surface area contributed by atoms with Crippen LogP contribution in [-0.2, 0) is 14.3 Å². The van der Waals surface area contributed by atoms with Gasteiger partial charge in [-0.3, -0.25) is 9.59 Å². The van der Waals surface area contributed by atoms with E-state index in [1.54, 1.807) is 0 Å². The van der Waals surface area contributed by atoms with Crippen molar-refractivity contribution in [1.82, 2.24) is 5.32 Å². The van der Waals surface area contributed by atoms with Gasteiger partial charge in [0.15, 0.2) is 0 Å². The fourth-order valence-corrected chi connectivity index (χ4v) is 13.1. The molecule has 0 heterocycles. The molecule has 0 radical (unpaired) electrons. The van der Waals surface area contributed by atoms with Crippen LogP contribution in [0.2, 0.25) is 0 Å². The first-order valence-corrected chi connectivity index (χ1v) is 39.8. The average molecular weight is 1200 g/mol. The zero-order valence-electron chi connectivity index (χ0n) is 58.4. The molecule has 0 bridgehead atoms. The maximum Gasteiger partial charge on any atom is 0.305 e. The molecule has 2 atom stereocenters. The molecule has 0 aromatic rings. The molecule has 0 spiro atoms. The number of hydrogen-bond donors (Lipinski definition) is 3. The van der Waals surface area contributed by atoms with Crippen LogP contribution in [0.5, 0.6) is 0 Å². The molecule has 85 heavy (non-hydrogen) atoms. The van der Waals surface area contributed by atoms with E-state index in [4.69, 9.17) is 4.74 Å². The number of amides is 1. The highest BCUT2D eigenvalue weighted by molar-refractivity contribution is 5.76. The Morgan fingerprint density at radius 1 is 0.282 bits per heavy atom. The van der Waals surface area contributed by atoms with Crippen LogP contribution in [0.25, 0.3) is 0 Å².